The fourth-order valence-corrected chi connectivity index (χ4v) is 2.25. The molecule has 0 amide bonds. The van der Waals surface area contributed by atoms with Crippen LogP contribution < -0.4 is 0 Å². The maximum absolute atomic E-state index is 11.0. The molecule has 0 fully saturated rings. The van der Waals surface area contributed by atoms with Gasteiger partial charge >= 0.3 is 15.3 Å². The van der Waals surface area contributed by atoms with Crippen molar-refractivity contribution < 1.29 is 17.4 Å². The van der Waals surface area contributed by atoms with Gasteiger partial charge in [-0.2, -0.15) is 8.42 Å². The monoisotopic (exact) mass is 298 g/mol. The predicted molar refractivity (Wildman–Crippen MR) is 72.7 cm³/mol. The lowest BCUT2D eigenvalue weighted by molar-refractivity contribution is -0.133. The summed E-state index contributed by atoms with van der Waals surface area (Å²) in [5.74, 6) is -0.770. The molecular weight excluding hydrogens is 276 g/mol. The Morgan fingerprint density at radius 1 is 0.944 bits per heavy atom. The molecule has 0 spiro atoms. The third-order valence-corrected chi connectivity index (χ3v) is 3.25. The van der Waals surface area contributed by atoms with Gasteiger partial charge in [0.1, 0.15) is 0 Å². The summed E-state index contributed by atoms with van der Waals surface area (Å²) >= 11 is 0. The zero-order chi connectivity index (χ0) is 13.9. The van der Waals surface area contributed by atoms with E-state index in [1.165, 1.54) is 38.5 Å². The number of rotatable bonds is 11. The van der Waals surface area contributed by atoms with E-state index in [2.05, 4.69) is 11.1 Å². The first-order valence-corrected chi connectivity index (χ1v) is 8.86. The molecule has 6 heteroatoms. The molecule has 0 aliphatic rings. The van der Waals surface area contributed by atoms with Crippen LogP contribution in [-0.2, 0) is 18.3 Å². The minimum Gasteiger partial charge on any atom is -0.334 e. The van der Waals surface area contributed by atoms with Gasteiger partial charge in [0.05, 0.1) is 10.7 Å². The lowest BCUT2D eigenvalue weighted by atomic mass is 10.1. The van der Waals surface area contributed by atoms with E-state index in [1.54, 1.807) is 0 Å². The molecule has 0 aliphatic heterocycles. The van der Waals surface area contributed by atoms with E-state index in [1.807, 2.05) is 0 Å². The van der Waals surface area contributed by atoms with Crippen molar-refractivity contribution in [2.24, 2.45) is 0 Å². The van der Waals surface area contributed by atoms with E-state index in [4.69, 9.17) is 10.7 Å². The topological polar surface area (TPSA) is 60.4 Å². The Morgan fingerprint density at radius 2 is 1.39 bits per heavy atom. The van der Waals surface area contributed by atoms with Crippen LogP contribution in [0.3, 0.4) is 0 Å². The third kappa shape index (κ3) is 13.8. The van der Waals surface area contributed by atoms with Crippen LogP contribution in [0.1, 0.15) is 71.1 Å². The second-order valence-electron chi connectivity index (χ2n) is 4.43. The normalized spacial score (nSPS) is 11.4. The average molecular weight is 299 g/mol. The van der Waals surface area contributed by atoms with Gasteiger partial charge in [0.15, 0.2) is 0 Å². The molecule has 0 aromatic heterocycles. The summed E-state index contributed by atoms with van der Waals surface area (Å²) in [6.07, 6.45) is 10.3. The minimum absolute atomic E-state index is 0.113. The van der Waals surface area contributed by atoms with Crippen molar-refractivity contribution in [2.45, 2.75) is 71.1 Å². The van der Waals surface area contributed by atoms with Gasteiger partial charge < -0.3 is 4.18 Å². The summed E-state index contributed by atoms with van der Waals surface area (Å²) in [4.78, 5) is 11.0. The molecule has 0 rings (SSSR count). The molecule has 0 aliphatic carbocycles. The van der Waals surface area contributed by atoms with E-state index in [9.17, 15) is 13.2 Å². The Morgan fingerprint density at radius 3 is 1.83 bits per heavy atom. The van der Waals surface area contributed by atoms with Gasteiger partial charge in [-0.3, -0.25) is 4.79 Å². The Bertz CT molecular complexity index is 314. The Balaban J connectivity index is 3.28. The van der Waals surface area contributed by atoms with Crippen molar-refractivity contribution >= 4 is 26.0 Å². The zero-order valence-electron chi connectivity index (χ0n) is 11.0. The molecule has 0 unspecified atom stereocenters. The van der Waals surface area contributed by atoms with Gasteiger partial charge in [-0.15, -0.1) is 0 Å². The summed E-state index contributed by atoms with van der Waals surface area (Å²) < 4.78 is 24.9. The van der Waals surface area contributed by atoms with E-state index < -0.39 is 15.3 Å². The van der Waals surface area contributed by atoms with Crippen molar-refractivity contribution in [3.63, 3.8) is 0 Å². The van der Waals surface area contributed by atoms with Crippen molar-refractivity contribution in [1.82, 2.24) is 0 Å². The number of carbonyl (C=O) groups excluding carboxylic acids is 1. The minimum atomic E-state index is -4.16. The van der Waals surface area contributed by atoms with Crippen LogP contribution >= 0.6 is 10.7 Å². The molecule has 0 saturated heterocycles. The lowest BCUT2D eigenvalue weighted by Crippen LogP contribution is -2.07. The Kier molecular flexibility index (Phi) is 10.4. The lowest BCUT2D eigenvalue weighted by Gasteiger charge is -2.02. The standard InChI is InChI=1S/C12H23ClO4S/c1-2-3-4-5-6-7-8-9-10-11-12(14)17-18(13,15)16/h2-11H2,1H3. The molecule has 0 radical (unpaired) electrons. The van der Waals surface area contributed by atoms with E-state index in [-0.39, 0.29) is 6.42 Å². The molecule has 0 bridgehead atoms. The SMILES string of the molecule is CCCCCCCCCCCC(=O)OS(=O)(=O)Cl. The van der Waals surface area contributed by atoms with Crippen molar-refractivity contribution in [1.29, 1.82) is 0 Å². The van der Waals surface area contributed by atoms with Gasteiger partial charge in [-0.1, -0.05) is 58.3 Å². The van der Waals surface area contributed by atoms with Crippen LogP contribution in [0.4, 0.5) is 0 Å². The highest BCUT2D eigenvalue weighted by Crippen LogP contribution is 2.11. The molecule has 108 valence electrons. The van der Waals surface area contributed by atoms with Gasteiger partial charge in [0.2, 0.25) is 0 Å². The smallest absolute Gasteiger partial charge is 0.334 e. The van der Waals surface area contributed by atoms with Crippen molar-refractivity contribution in [3.8, 4) is 0 Å². The second kappa shape index (κ2) is 10.6. The molecular formula is C12H23ClO4S. The van der Waals surface area contributed by atoms with E-state index in [0.29, 0.717) is 6.42 Å². The number of carbonyl (C=O) groups is 1. The molecule has 0 saturated carbocycles. The van der Waals surface area contributed by atoms with E-state index >= 15 is 0 Å². The third-order valence-electron chi connectivity index (χ3n) is 2.68. The number of unbranched alkanes of at least 4 members (excludes halogenated alkanes) is 8. The van der Waals surface area contributed by atoms with Crippen LogP contribution in [0.15, 0.2) is 0 Å². The molecule has 0 heterocycles. The maximum atomic E-state index is 11.0. The van der Waals surface area contributed by atoms with Crippen LogP contribution in [-0.4, -0.2) is 14.4 Å². The molecule has 4 nitrogen and oxygen atoms in total. The summed E-state index contributed by atoms with van der Waals surface area (Å²) in [6.45, 7) is 2.19. The van der Waals surface area contributed by atoms with Crippen LogP contribution in [0.25, 0.3) is 0 Å². The first-order valence-electron chi connectivity index (χ1n) is 6.62. The van der Waals surface area contributed by atoms with Crippen LogP contribution in [0, 0.1) is 0 Å². The summed E-state index contributed by atoms with van der Waals surface area (Å²) in [7, 11) is 0.619. The highest BCUT2D eigenvalue weighted by Gasteiger charge is 2.12. The highest BCUT2D eigenvalue weighted by atomic mass is 35.7. The average Bonchev–Trinajstić information content (AvgIpc) is 2.24. The first-order chi connectivity index (χ1) is 8.45. The van der Waals surface area contributed by atoms with Gasteiger partial charge in [-0.05, 0) is 6.42 Å². The quantitative estimate of drug-likeness (QED) is 0.428. The summed E-state index contributed by atoms with van der Waals surface area (Å²) in [5, 5.41) is 0. The molecule has 0 aromatic rings. The fourth-order valence-electron chi connectivity index (χ4n) is 1.73. The van der Waals surface area contributed by atoms with Crippen molar-refractivity contribution in [2.75, 3.05) is 0 Å². The Hall–Kier alpha value is -0.290. The molecule has 18 heavy (non-hydrogen) atoms. The molecule has 0 aromatic carbocycles. The zero-order valence-corrected chi connectivity index (χ0v) is 12.6. The fraction of sp³-hybridized carbons (Fsp3) is 0.917. The van der Waals surface area contributed by atoms with Crippen molar-refractivity contribution in [3.05, 3.63) is 0 Å². The second-order valence-corrected chi connectivity index (χ2v) is 6.51. The highest BCUT2D eigenvalue weighted by molar-refractivity contribution is 8.10. The van der Waals surface area contributed by atoms with Gasteiger partial charge in [-0.25, -0.2) is 0 Å². The number of hydrogen-bond acceptors (Lipinski definition) is 4. The van der Waals surface area contributed by atoms with Crippen LogP contribution in [0.2, 0.25) is 0 Å². The maximum Gasteiger partial charge on any atom is 0.403 e. The van der Waals surface area contributed by atoms with Crippen LogP contribution in [0.5, 0.6) is 0 Å². The molecule has 0 N–H and O–H groups in total. The summed E-state index contributed by atoms with van der Waals surface area (Å²) in [5.41, 5.74) is 0. The first kappa shape index (κ1) is 17.7. The van der Waals surface area contributed by atoms with Gasteiger partial charge in [0.25, 0.3) is 0 Å². The number of hydrogen-bond donors (Lipinski definition) is 0. The molecule has 0 atom stereocenters. The summed E-state index contributed by atoms with van der Waals surface area (Å²) in [6, 6.07) is 0. The van der Waals surface area contributed by atoms with E-state index in [0.717, 1.165) is 12.8 Å². The largest absolute Gasteiger partial charge is 0.403 e. The van der Waals surface area contributed by atoms with Gasteiger partial charge in [0, 0.05) is 6.42 Å². The Labute approximate surface area is 115 Å². The predicted octanol–water partition coefficient (Wildman–Crippen LogP) is 3.93. The number of halogens is 1.